The molecular formula is C17H18F2N2O3S. The second-order valence-electron chi connectivity index (χ2n) is 6.46. The Morgan fingerprint density at radius 3 is 2.08 bits per heavy atom. The van der Waals surface area contributed by atoms with Crippen molar-refractivity contribution in [3.8, 4) is 0 Å². The normalized spacial score (nSPS) is 11.9. The van der Waals surface area contributed by atoms with E-state index in [0.29, 0.717) is 5.56 Å². The molecule has 2 aromatic carbocycles. The first-order valence-corrected chi connectivity index (χ1v) is 8.87. The highest BCUT2D eigenvalue weighted by atomic mass is 32.2. The van der Waals surface area contributed by atoms with E-state index in [1.165, 1.54) is 24.3 Å². The Kier molecular flexibility index (Phi) is 5.12. The van der Waals surface area contributed by atoms with Crippen LogP contribution in [-0.4, -0.2) is 19.9 Å². The number of hydrogen-bond donors (Lipinski definition) is 2. The van der Waals surface area contributed by atoms with Crippen LogP contribution in [0.4, 0.5) is 14.5 Å². The number of sulfonamides is 1. The summed E-state index contributed by atoms with van der Waals surface area (Å²) in [5.74, 6) is -2.56. The molecule has 2 aromatic rings. The predicted molar refractivity (Wildman–Crippen MR) is 90.8 cm³/mol. The Labute approximate surface area is 145 Å². The number of anilines is 1. The molecule has 25 heavy (non-hydrogen) atoms. The Hall–Kier alpha value is -2.48. The van der Waals surface area contributed by atoms with Crippen molar-refractivity contribution in [2.45, 2.75) is 31.2 Å². The molecule has 0 saturated heterocycles. The van der Waals surface area contributed by atoms with E-state index in [-0.39, 0.29) is 16.5 Å². The van der Waals surface area contributed by atoms with E-state index in [4.69, 9.17) is 0 Å². The lowest BCUT2D eigenvalue weighted by Gasteiger charge is -2.20. The van der Waals surface area contributed by atoms with Crippen LogP contribution < -0.4 is 10.0 Å². The van der Waals surface area contributed by atoms with Crippen molar-refractivity contribution in [3.05, 3.63) is 59.7 Å². The van der Waals surface area contributed by atoms with Gasteiger partial charge in [-0.05, 0) is 57.2 Å². The molecule has 134 valence electrons. The van der Waals surface area contributed by atoms with Crippen molar-refractivity contribution in [1.82, 2.24) is 5.32 Å². The number of amides is 1. The van der Waals surface area contributed by atoms with E-state index in [2.05, 4.69) is 10.0 Å². The molecule has 0 aliphatic rings. The van der Waals surface area contributed by atoms with Crippen LogP contribution >= 0.6 is 0 Å². The van der Waals surface area contributed by atoms with Crippen molar-refractivity contribution in [2.75, 3.05) is 4.72 Å². The molecule has 0 aromatic heterocycles. The van der Waals surface area contributed by atoms with Crippen molar-refractivity contribution < 1.29 is 22.0 Å². The predicted octanol–water partition coefficient (Wildman–Crippen LogP) is 3.29. The van der Waals surface area contributed by atoms with E-state index in [1.807, 2.05) is 20.8 Å². The zero-order valence-corrected chi connectivity index (χ0v) is 14.7. The van der Waals surface area contributed by atoms with Crippen molar-refractivity contribution in [1.29, 1.82) is 0 Å². The summed E-state index contributed by atoms with van der Waals surface area (Å²) in [4.78, 5) is 11.9. The summed E-state index contributed by atoms with van der Waals surface area (Å²) in [6, 6.07) is 7.97. The summed E-state index contributed by atoms with van der Waals surface area (Å²) in [5.41, 5.74) is -0.217. The third-order valence-corrected chi connectivity index (χ3v) is 4.48. The number of carbonyl (C=O) groups excluding carboxylic acids is 1. The monoisotopic (exact) mass is 368 g/mol. The maximum Gasteiger partial charge on any atom is 0.261 e. The van der Waals surface area contributed by atoms with Crippen molar-refractivity contribution in [2.24, 2.45) is 0 Å². The van der Waals surface area contributed by atoms with Crippen LogP contribution in [-0.2, 0) is 10.0 Å². The van der Waals surface area contributed by atoms with Gasteiger partial charge in [-0.3, -0.25) is 9.52 Å². The number of rotatable bonds is 4. The van der Waals surface area contributed by atoms with Crippen LogP contribution in [0, 0.1) is 11.6 Å². The SMILES string of the molecule is CC(C)(C)NC(=O)c1ccc(S(=O)(=O)Nc2ccc(F)c(F)c2)cc1. The van der Waals surface area contributed by atoms with Gasteiger partial charge in [0, 0.05) is 17.2 Å². The summed E-state index contributed by atoms with van der Waals surface area (Å²) >= 11 is 0. The molecule has 2 rings (SSSR count). The summed E-state index contributed by atoms with van der Waals surface area (Å²) in [5, 5.41) is 2.76. The summed E-state index contributed by atoms with van der Waals surface area (Å²) in [7, 11) is -3.99. The topological polar surface area (TPSA) is 75.3 Å². The van der Waals surface area contributed by atoms with Crippen molar-refractivity contribution >= 4 is 21.6 Å². The first-order chi connectivity index (χ1) is 11.5. The molecule has 2 N–H and O–H groups in total. The third-order valence-electron chi connectivity index (χ3n) is 3.09. The van der Waals surface area contributed by atoms with Gasteiger partial charge in [0.25, 0.3) is 15.9 Å². The maximum absolute atomic E-state index is 13.2. The summed E-state index contributed by atoms with van der Waals surface area (Å²) in [6.45, 7) is 5.49. The van der Waals surface area contributed by atoms with Crippen LogP contribution in [0.1, 0.15) is 31.1 Å². The highest BCUT2D eigenvalue weighted by molar-refractivity contribution is 7.92. The number of carbonyl (C=O) groups is 1. The second kappa shape index (κ2) is 6.79. The summed E-state index contributed by atoms with van der Waals surface area (Å²) < 4.78 is 52.8. The average molecular weight is 368 g/mol. The zero-order chi connectivity index (χ0) is 18.8. The largest absolute Gasteiger partial charge is 0.347 e. The highest BCUT2D eigenvalue weighted by Gasteiger charge is 2.18. The lowest BCUT2D eigenvalue weighted by atomic mass is 10.1. The van der Waals surface area contributed by atoms with Gasteiger partial charge in [0.2, 0.25) is 0 Å². The van der Waals surface area contributed by atoms with Gasteiger partial charge in [0.05, 0.1) is 10.6 Å². The van der Waals surface area contributed by atoms with E-state index in [9.17, 15) is 22.0 Å². The molecule has 0 spiro atoms. The van der Waals surface area contributed by atoms with Gasteiger partial charge in [-0.15, -0.1) is 0 Å². The molecule has 0 radical (unpaired) electrons. The minimum Gasteiger partial charge on any atom is -0.347 e. The molecule has 0 aliphatic heterocycles. The van der Waals surface area contributed by atoms with Gasteiger partial charge in [-0.1, -0.05) is 0 Å². The van der Waals surface area contributed by atoms with Gasteiger partial charge >= 0.3 is 0 Å². The molecule has 0 unspecified atom stereocenters. The van der Waals surface area contributed by atoms with Crippen LogP contribution in [0.25, 0.3) is 0 Å². The fourth-order valence-corrected chi connectivity index (χ4v) is 3.02. The van der Waals surface area contributed by atoms with Gasteiger partial charge in [-0.2, -0.15) is 0 Å². The first-order valence-electron chi connectivity index (χ1n) is 7.38. The standard InChI is InChI=1S/C17H18F2N2O3S/c1-17(2,3)20-16(22)11-4-7-13(8-5-11)25(23,24)21-12-6-9-14(18)15(19)10-12/h4-10,21H,1-3H3,(H,20,22). The Morgan fingerprint density at radius 1 is 0.960 bits per heavy atom. The van der Waals surface area contributed by atoms with E-state index in [0.717, 1.165) is 18.2 Å². The lowest BCUT2D eigenvalue weighted by molar-refractivity contribution is 0.0919. The smallest absolute Gasteiger partial charge is 0.261 e. The van der Waals surface area contributed by atoms with Crippen LogP contribution in [0.15, 0.2) is 47.4 Å². The first kappa shape index (κ1) is 18.9. The third kappa shape index (κ3) is 4.99. The zero-order valence-electron chi connectivity index (χ0n) is 13.9. The molecule has 0 heterocycles. The lowest BCUT2D eigenvalue weighted by Crippen LogP contribution is -2.40. The van der Waals surface area contributed by atoms with E-state index >= 15 is 0 Å². The second-order valence-corrected chi connectivity index (χ2v) is 8.15. The number of benzene rings is 2. The van der Waals surface area contributed by atoms with E-state index in [1.54, 1.807) is 0 Å². The quantitative estimate of drug-likeness (QED) is 0.870. The number of hydrogen-bond acceptors (Lipinski definition) is 3. The molecule has 0 saturated carbocycles. The molecular weight excluding hydrogens is 350 g/mol. The Morgan fingerprint density at radius 2 is 1.56 bits per heavy atom. The molecule has 0 fully saturated rings. The average Bonchev–Trinajstić information content (AvgIpc) is 2.49. The van der Waals surface area contributed by atoms with Crippen LogP contribution in [0.5, 0.6) is 0 Å². The summed E-state index contributed by atoms with van der Waals surface area (Å²) in [6.07, 6.45) is 0. The minimum absolute atomic E-state index is 0.103. The van der Waals surface area contributed by atoms with Gasteiger partial charge in [0.15, 0.2) is 11.6 Å². The number of nitrogens with one attached hydrogen (secondary N) is 2. The molecule has 0 atom stereocenters. The van der Waals surface area contributed by atoms with Crippen LogP contribution in [0.2, 0.25) is 0 Å². The highest BCUT2D eigenvalue weighted by Crippen LogP contribution is 2.19. The Bertz CT molecular complexity index is 889. The maximum atomic E-state index is 13.2. The van der Waals surface area contributed by atoms with E-state index < -0.39 is 27.2 Å². The minimum atomic E-state index is -3.99. The van der Waals surface area contributed by atoms with Gasteiger partial charge in [-0.25, -0.2) is 17.2 Å². The van der Waals surface area contributed by atoms with Gasteiger partial charge < -0.3 is 5.32 Å². The Balaban J connectivity index is 2.20. The molecule has 0 aliphatic carbocycles. The number of halogens is 2. The fourth-order valence-electron chi connectivity index (χ4n) is 1.97. The molecule has 8 heteroatoms. The molecule has 5 nitrogen and oxygen atoms in total. The van der Waals surface area contributed by atoms with Crippen LogP contribution in [0.3, 0.4) is 0 Å². The molecule has 1 amide bonds. The molecule has 0 bridgehead atoms. The van der Waals surface area contributed by atoms with Gasteiger partial charge in [0.1, 0.15) is 0 Å². The van der Waals surface area contributed by atoms with Crippen molar-refractivity contribution in [3.63, 3.8) is 0 Å². The fraction of sp³-hybridized carbons (Fsp3) is 0.235.